The molecule has 6 heteroatoms. The Hall–Kier alpha value is 0.660. The summed E-state index contributed by atoms with van der Waals surface area (Å²) < 4.78 is -1.08. The van der Waals surface area contributed by atoms with E-state index < -0.39 is 3.79 Å². The van der Waals surface area contributed by atoms with E-state index in [9.17, 15) is 0 Å². The van der Waals surface area contributed by atoms with Crippen LogP contribution in [0.15, 0.2) is 0 Å². The van der Waals surface area contributed by atoms with Gasteiger partial charge < -0.3 is 0 Å². The number of hydrogen-bond acceptors (Lipinski definition) is 0. The Morgan fingerprint density at radius 3 is 0.875 bits per heavy atom. The Labute approximate surface area is 60.2 Å². The minimum absolute atomic E-state index is 0. The Morgan fingerprint density at radius 2 is 0.875 bits per heavy atom. The molecule has 0 N–H and O–H groups in total. The Morgan fingerprint density at radius 1 is 0.875 bits per heavy atom. The van der Waals surface area contributed by atoms with Crippen molar-refractivity contribution >= 4 is 34.8 Å². The third-order valence-corrected chi connectivity index (χ3v) is 0. The predicted octanol–water partition coefficient (Wildman–Crippen LogP) is 2.83. The van der Waals surface area contributed by atoms with Crippen molar-refractivity contribution in [2.24, 2.45) is 0 Å². The molecule has 0 nitrogen and oxygen atoms in total. The lowest BCUT2D eigenvalue weighted by Crippen LogP contribution is -1.87. The van der Waals surface area contributed by atoms with Gasteiger partial charge in [0.15, 0.2) is 3.79 Å². The second kappa shape index (κ2) is 7.66. The summed E-state index contributed by atoms with van der Waals surface area (Å²) in [6.07, 6.45) is 0. The molecule has 0 bridgehead atoms. The van der Waals surface area contributed by atoms with E-state index >= 15 is 0 Å². The van der Waals surface area contributed by atoms with Crippen molar-refractivity contribution in [3.63, 3.8) is 0 Å². The van der Waals surface area contributed by atoms with E-state index in [0.717, 1.165) is 0 Å². The number of hydrogen-bond donors (Lipinski definition) is 0. The fourth-order valence-corrected chi connectivity index (χ4v) is 0. The van der Waals surface area contributed by atoms with Gasteiger partial charge in [0.05, 0.1) is 0 Å². The monoisotopic (exact) mass is 192 g/mol. The standard InChI is InChI=1S/C2H3Cl3.3FH/c1-2(3,4)5;;;/h1H3;3*1H. The van der Waals surface area contributed by atoms with Crippen LogP contribution in [0.3, 0.4) is 0 Å². The molecule has 0 aromatic carbocycles. The van der Waals surface area contributed by atoms with E-state index in [-0.39, 0.29) is 14.1 Å². The summed E-state index contributed by atoms with van der Waals surface area (Å²) >= 11 is 15.2. The van der Waals surface area contributed by atoms with Gasteiger partial charge in [-0.05, 0) is 6.92 Å². The minimum atomic E-state index is -1.08. The SMILES string of the molecule is CC(Cl)(Cl)Cl.F.F.F. The molecule has 0 saturated carbocycles. The third-order valence-electron chi connectivity index (χ3n) is 0. The lowest BCUT2D eigenvalue weighted by atomic mass is 10.9. The number of halogens is 6. The summed E-state index contributed by atoms with van der Waals surface area (Å²) in [7, 11) is 0. The van der Waals surface area contributed by atoms with Crippen LogP contribution in [-0.2, 0) is 0 Å². The van der Waals surface area contributed by atoms with Gasteiger partial charge in [-0.25, -0.2) is 0 Å². The minimum Gasteiger partial charge on any atom is -0.269 e. The second-order valence-corrected chi connectivity index (χ2v) is 3.63. The van der Waals surface area contributed by atoms with Crippen molar-refractivity contribution in [3.8, 4) is 0 Å². The van der Waals surface area contributed by atoms with E-state index in [1.165, 1.54) is 6.92 Å². The van der Waals surface area contributed by atoms with Gasteiger partial charge in [-0.15, -0.1) is 0 Å². The van der Waals surface area contributed by atoms with Gasteiger partial charge in [-0.2, -0.15) is 0 Å². The number of rotatable bonds is 0. The quantitative estimate of drug-likeness (QED) is 0.519. The van der Waals surface area contributed by atoms with Crippen molar-refractivity contribution in [2.75, 3.05) is 0 Å². The summed E-state index contributed by atoms with van der Waals surface area (Å²) in [5, 5.41) is 0. The van der Waals surface area contributed by atoms with Gasteiger partial charge in [0.25, 0.3) is 0 Å². The first-order chi connectivity index (χ1) is 2.00. The zero-order valence-electron chi connectivity index (χ0n) is 3.86. The topological polar surface area (TPSA) is 0 Å². The first-order valence-electron chi connectivity index (χ1n) is 1.07. The van der Waals surface area contributed by atoms with Crippen LogP contribution in [0.1, 0.15) is 6.92 Å². The summed E-state index contributed by atoms with van der Waals surface area (Å²) in [5.74, 6) is 0. The third kappa shape index (κ3) is 490. The molecule has 0 spiro atoms. The smallest absolute Gasteiger partial charge is 0.187 e. The molecule has 0 aromatic heterocycles. The first-order valence-corrected chi connectivity index (χ1v) is 2.20. The molecule has 8 heavy (non-hydrogen) atoms. The average molecular weight is 193 g/mol. The fourth-order valence-electron chi connectivity index (χ4n) is 0. The predicted molar refractivity (Wildman–Crippen MR) is 33.5 cm³/mol. The largest absolute Gasteiger partial charge is 0.269 e. The van der Waals surface area contributed by atoms with Crippen LogP contribution in [0.25, 0.3) is 0 Å². The Balaban J connectivity index is -0.0000000267. The van der Waals surface area contributed by atoms with Crippen molar-refractivity contribution in [1.29, 1.82) is 0 Å². The molecule has 0 fully saturated rings. The zero-order chi connectivity index (χ0) is 4.50. The average Bonchev–Trinajstić information content (AvgIpc) is 0.722. The van der Waals surface area contributed by atoms with Gasteiger partial charge >= 0.3 is 0 Å². The van der Waals surface area contributed by atoms with E-state index in [4.69, 9.17) is 34.8 Å². The molecular weight excluding hydrogens is 187 g/mol. The van der Waals surface area contributed by atoms with Crippen LogP contribution in [0.5, 0.6) is 0 Å². The van der Waals surface area contributed by atoms with Crippen molar-refractivity contribution in [1.82, 2.24) is 0 Å². The summed E-state index contributed by atoms with van der Waals surface area (Å²) in [4.78, 5) is 0. The van der Waals surface area contributed by atoms with Crippen LogP contribution < -0.4 is 0 Å². The van der Waals surface area contributed by atoms with Crippen molar-refractivity contribution in [3.05, 3.63) is 0 Å². The van der Waals surface area contributed by atoms with Crippen molar-refractivity contribution < 1.29 is 14.1 Å². The maximum atomic E-state index is 5.06. The van der Waals surface area contributed by atoms with Gasteiger partial charge in [0, 0.05) is 0 Å². The first kappa shape index (κ1) is 23.4. The molecule has 0 aliphatic rings. The molecule has 0 amide bonds. The highest BCUT2D eigenvalue weighted by Gasteiger charge is 2.07. The van der Waals surface area contributed by atoms with Crippen molar-refractivity contribution in [2.45, 2.75) is 10.7 Å². The number of alkyl halides is 3. The fraction of sp³-hybridized carbons (Fsp3) is 1.00. The second-order valence-electron chi connectivity index (χ2n) is 0.781. The zero-order valence-corrected chi connectivity index (χ0v) is 6.13. The molecular formula is C2H6Cl3F3. The van der Waals surface area contributed by atoms with Crippen LogP contribution in [0.4, 0.5) is 14.1 Å². The molecule has 0 aliphatic carbocycles. The molecule has 0 aromatic rings. The lowest BCUT2D eigenvalue weighted by molar-refractivity contribution is 1.11. The Kier molecular flexibility index (Phi) is 22.4. The lowest BCUT2D eigenvalue weighted by Gasteiger charge is -1.94. The van der Waals surface area contributed by atoms with Gasteiger partial charge in [-0.3, -0.25) is 14.1 Å². The molecule has 0 unspecified atom stereocenters. The highest BCUT2D eigenvalue weighted by Crippen LogP contribution is 2.23. The molecule has 0 rings (SSSR count). The molecule has 56 valence electrons. The van der Waals surface area contributed by atoms with E-state index in [1.54, 1.807) is 0 Å². The summed E-state index contributed by atoms with van der Waals surface area (Å²) in [5.41, 5.74) is 0. The maximum Gasteiger partial charge on any atom is 0.187 e. The van der Waals surface area contributed by atoms with E-state index in [1.807, 2.05) is 0 Å². The molecule has 0 heterocycles. The molecule has 0 saturated heterocycles. The highest BCUT2D eigenvalue weighted by molar-refractivity contribution is 6.67. The van der Waals surface area contributed by atoms with Gasteiger partial charge in [0.1, 0.15) is 0 Å². The molecule has 0 radical (unpaired) electrons. The van der Waals surface area contributed by atoms with Crippen LogP contribution in [-0.4, -0.2) is 3.79 Å². The van der Waals surface area contributed by atoms with Crippen LogP contribution in [0, 0.1) is 0 Å². The van der Waals surface area contributed by atoms with E-state index in [0.29, 0.717) is 0 Å². The van der Waals surface area contributed by atoms with Crippen LogP contribution in [0.2, 0.25) is 0 Å². The molecule has 0 atom stereocenters. The van der Waals surface area contributed by atoms with Gasteiger partial charge in [-0.1, -0.05) is 34.8 Å². The highest BCUT2D eigenvalue weighted by atomic mass is 35.6. The van der Waals surface area contributed by atoms with E-state index in [2.05, 4.69) is 0 Å². The maximum absolute atomic E-state index is 5.06. The summed E-state index contributed by atoms with van der Waals surface area (Å²) in [6.45, 7) is 1.48. The Bertz CT molecular complexity index is 28.0. The van der Waals surface area contributed by atoms with Gasteiger partial charge in [0.2, 0.25) is 0 Å². The van der Waals surface area contributed by atoms with Crippen LogP contribution >= 0.6 is 34.8 Å². The normalized spacial score (nSPS) is 7.50. The molecule has 0 aliphatic heterocycles. The summed E-state index contributed by atoms with van der Waals surface area (Å²) in [6, 6.07) is 0.